The molecule has 2 amide bonds. The summed E-state index contributed by atoms with van der Waals surface area (Å²) in [6, 6.07) is 21.2. The number of hydrogen-bond acceptors (Lipinski definition) is 3. The maximum atomic E-state index is 12.8. The van der Waals surface area contributed by atoms with E-state index in [-0.39, 0.29) is 18.2 Å². The van der Waals surface area contributed by atoms with Crippen LogP contribution >= 0.6 is 23.2 Å². The monoisotopic (exact) mass is 455 g/mol. The maximum Gasteiger partial charge on any atom is 0.240 e. The second-order valence-electron chi connectivity index (χ2n) is 7.20. The fourth-order valence-electron chi connectivity index (χ4n) is 3.34. The van der Waals surface area contributed by atoms with Crippen molar-refractivity contribution in [1.29, 1.82) is 0 Å². The third-order valence-corrected chi connectivity index (χ3v) is 5.67. The second-order valence-corrected chi connectivity index (χ2v) is 8.02. The summed E-state index contributed by atoms with van der Waals surface area (Å²) in [6.07, 6.45) is 0.0521. The Labute approximate surface area is 191 Å². The van der Waals surface area contributed by atoms with Gasteiger partial charge in [0.1, 0.15) is 6.04 Å². The number of carbonyl (C=O) groups is 2. The number of amides is 2. The molecule has 0 heterocycles. The van der Waals surface area contributed by atoms with E-state index >= 15 is 0 Å². The number of nitrogens with one attached hydrogen (secondary N) is 2. The molecule has 5 nitrogen and oxygen atoms in total. The van der Waals surface area contributed by atoms with Gasteiger partial charge < -0.3 is 16.4 Å². The van der Waals surface area contributed by atoms with E-state index in [0.29, 0.717) is 21.4 Å². The van der Waals surface area contributed by atoms with Gasteiger partial charge in [-0.15, -0.1) is 0 Å². The van der Waals surface area contributed by atoms with E-state index in [2.05, 4.69) is 10.6 Å². The first-order chi connectivity index (χ1) is 14.9. The molecule has 4 N–H and O–H groups in total. The predicted octanol–water partition coefficient (Wildman–Crippen LogP) is 5.05. The van der Waals surface area contributed by atoms with Gasteiger partial charge in [0.25, 0.3) is 0 Å². The number of anilines is 2. The molecule has 0 fully saturated rings. The lowest BCUT2D eigenvalue weighted by atomic mass is 9.92. The van der Waals surface area contributed by atoms with Crippen molar-refractivity contribution >= 4 is 46.4 Å². The summed E-state index contributed by atoms with van der Waals surface area (Å²) in [7, 11) is 0. The summed E-state index contributed by atoms with van der Waals surface area (Å²) in [6.45, 7) is 1.86. The Morgan fingerprint density at radius 3 is 2.16 bits per heavy atom. The molecule has 3 rings (SSSR count). The SMILES string of the molecule is CC(c1ccccc1)C(NC(=O)Cc1ccccc1Nc1c(Cl)cccc1Cl)C(N)=O. The van der Waals surface area contributed by atoms with Gasteiger partial charge in [0.05, 0.1) is 22.2 Å². The Hall–Kier alpha value is -3.02. The Kier molecular flexibility index (Phi) is 7.55. The zero-order valence-corrected chi connectivity index (χ0v) is 18.5. The van der Waals surface area contributed by atoms with E-state index in [0.717, 1.165) is 11.1 Å². The lowest BCUT2D eigenvalue weighted by Crippen LogP contribution is -2.48. The molecular weight excluding hydrogens is 433 g/mol. The van der Waals surface area contributed by atoms with Crippen molar-refractivity contribution in [1.82, 2.24) is 5.32 Å². The number of halogens is 2. The van der Waals surface area contributed by atoms with E-state index in [1.54, 1.807) is 18.2 Å². The molecular formula is C24H23Cl2N3O2. The van der Waals surface area contributed by atoms with Crippen molar-refractivity contribution in [2.75, 3.05) is 5.32 Å². The van der Waals surface area contributed by atoms with Crippen LogP contribution in [-0.4, -0.2) is 17.9 Å². The van der Waals surface area contributed by atoms with Crippen LogP contribution in [0.15, 0.2) is 72.8 Å². The van der Waals surface area contributed by atoms with Crippen molar-refractivity contribution in [3.05, 3.63) is 94.0 Å². The summed E-state index contributed by atoms with van der Waals surface area (Å²) < 4.78 is 0. The average Bonchev–Trinajstić information content (AvgIpc) is 2.76. The fraction of sp³-hybridized carbons (Fsp3) is 0.167. The van der Waals surface area contributed by atoms with Crippen molar-refractivity contribution < 1.29 is 9.59 Å². The molecule has 0 saturated heterocycles. The molecule has 2 unspecified atom stereocenters. The molecule has 0 aromatic heterocycles. The number of benzene rings is 3. The van der Waals surface area contributed by atoms with Crippen molar-refractivity contribution in [3.63, 3.8) is 0 Å². The molecule has 0 spiro atoms. The lowest BCUT2D eigenvalue weighted by molar-refractivity contribution is -0.127. The highest BCUT2D eigenvalue weighted by Gasteiger charge is 2.26. The summed E-state index contributed by atoms with van der Waals surface area (Å²) in [4.78, 5) is 24.9. The van der Waals surface area contributed by atoms with Gasteiger partial charge in [-0.1, -0.05) is 84.7 Å². The first-order valence-corrected chi connectivity index (χ1v) is 10.5. The minimum atomic E-state index is -0.826. The van der Waals surface area contributed by atoms with E-state index in [1.165, 1.54) is 0 Å². The van der Waals surface area contributed by atoms with Gasteiger partial charge in [-0.3, -0.25) is 9.59 Å². The molecule has 0 aliphatic heterocycles. The maximum absolute atomic E-state index is 12.8. The number of nitrogens with two attached hydrogens (primary N) is 1. The molecule has 0 aliphatic rings. The minimum Gasteiger partial charge on any atom is -0.368 e. The van der Waals surface area contributed by atoms with Crippen LogP contribution in [0.4, 0.5) is 11.4 Å². The first-order valence-electron chi connectivity index (χ1n) is 9.79. The average molecular weight is 456 g/mol. The Morgan fingerprint density at radius 1 is 0.903 bits per heavy atom. The Morgan fingerprint density at radius 2 is 1.52 bits per heavy atom. The number of hydrogen-bond donors (Lipinski definition) is 3. The molecule has 2 atom stereocenters. The summed E-state index contributed by atoms with van der Waals surface area (Å²) in [5.41, 5.74) is 8.49. The zero-order valence-electron chi connectivity index (χ0n) is 16.9. The van der Waals surface area contributed by atoms with Crippen LogP contribution < -0.4 is 16.4 Å². The Bertz CT molecular complexity index is 1050. The van der Waals surface area contributed by atoms with Crippen LogP contribution in [0.2, 0.25) is 10.0 Å². The molecule has 0 bridgehead atoms. The van der Waals surface area contributed by atoms with Crippen molar-refractivity contribution in [2.24, 2.45) is 5.73 Å². The Balaban J connectivity index is 1.76. The van der Waals surface area contributed by atoms with E-state index in [4.69, 9.17) is 28.9 Å². The van der Waals surface area contributed by atoms with Gasteiger partial charge >= 0.3 is 0 Å². The molecule has 0 radical (unpaired) electrons. The normalized spacial score (nSPS) is 12.6. The quantitative estimate of drug-likeness (QED) is 0.443. The van der Waals surface area contributed by atoms with E-state index in [1.807, 2.05) is 61.5 Å². The van der Waals surface area contributed by atoms with E-state index in [9.17, 15) is 9.59 Å². The van der Waals surface area contributed by atoms with Crippen LogP contribution in [0.1, 0.15) is 24.0 Å². The second kappa shape index (κ2) is 10.3. The largest absolute Gasteiger partial charge is 0.368 e. The van der Waals surface area contributed by atoms with Crippen molar-refractivity contribution in [3.8, 4) is 0 Å². The van der Waals surface area contributed by atoms with Gasteiger partial charge in [0, 0.05) is 11.6 Å². The van der Waals surface area contributed by atoms with Crippen LogP contribution in [0.5, 0.6) is 0 Å². The van der Waals surface area contributed by atoms with Gasteiger partial charge in [-0.2, -0.15) is 0 Å². The smallest absolute Gasteiger partial charge is 0.240 e. The van der Waals surface area contributed by atoms with Gasteiger partial charge in [0.15, 0.2) is 0 Å². The van der Waals surface area contributed by atoms with Gasteiger partial charge in [-0.25, -0.2) is 0 Å². The fourth-order valence-corrected chi connectivity index (χ4v) is 3.83. The summed E-state index contributed by atoms with van der Waals surface area (Å²) in [5, 5.41) is 6.93. The highest BCUT2D eigenvalue weighted by molar-refractivity contribution is 6.39. The highest BCUT2D eigenvalue weighted by Crippen LogP contribution is 2.33. The van der Waals surface area contributed by atoms with Crippen LogP contribution in [0.3, 0.4) is 0 Å². The zero-order chi connectivity index (χ0) is 22.4. The molecule has 0 saturated carbocycles. The predicted molar refractivity (Wildman–Crippen MR) is 126 cm³/mol. The molecule has 7 heteroatoms. The lowest BCUT2D eigenvalue weighted by Gasteiger charge is -2.23. The summed E-state index contributed by atoms with van der Waals surface area (Å²) in [5.74, 6) is -1.16. The minimum absolute atomic E-state index is 0.0521. The first kappa shape index (κ1) is 22.7. The van der Waals surface area contributed by atoms with Crippen molar-refractivity contribution in [2.45, 2.75) is 25.3 Å². The standard InChI is InChI=1S/C24H23Cl2N3O2/c1-15(16-8-3-2-4-9-16)22(24(27)31)29-21(30)14-17-10-5-6-13-20(17)28-23-18(25)11-7-12-19(23)26/h2-13,15,22,28H,14H2,1H3,(H2,27,31)(H,29,30). The number of carbonyl (C=O) groups excluding carboxylic acids is 2. The molecule has 0 aliphatic carbocycles. The van der Waals surface area contributed by atoms with Gasteiger partial charge in [-0.05, 0) is 29.3 Å². The van der Waals surface area contributed by atoms with Gasteiger partial charge in [0.2, 0.25) is 11.8 Å². The van der Waals surface area contributed by atoms with E-state index < -0.39 is 11.9 Å². The number of para-hydroxylation sites is 2. The highest BCUT2D eigenvalue weighted by atomic mass is 35.5. The topological polar surface area (TPSA) is 84.2 Å². The molecule has 3 aromatic rings. The molecule has 31 heavy (non-hydrogen) atoms. The molecule has 160 valence electrons. The third kappa shape index (κ3) is 5.78. The van der Waals surface area contributed by atoms with Crippen LogP contribution in [0.25, 0.3) is 0 Å². The third-order valence-electron chi connectivity index (χ3n) is 5.04. The molecule has 3 aromatic carbocycles. The van der Waals surface area contributed by atoms with Crippen LogP contribution in [-0.2, 0) is 16.0 Å². The summed E-state index contributed by atoms with van der Waals surface area (Å²) >= 11 is 12.5. The van der Waals surface area contributed by atoms with Crippen LogP contribution in [0, 0.1) is 0 Å². The number of rotatable bonds is 8. The number of primary amides is 1.